The van der Waals surface area contributed by atoms with Crippen molar-refractivity contribution in [1.29, 1.82) is 0 Å². The van der Waals surface area contributed by atoms with Gasteiger partial charge in [-0.1, -0.05) is 36.4 Å². The number of thiocarbonyl (C=S) groups is 1. The van der Waals surface area contributed by atoms with Crippen LogP contribution in [0.2, 0.25) is 0 Å². The molecule has 7 heteroatoms. The summed E-state index contributed by atoms with van der Waals surface area (Å²) in [6.07, 6.45) is 0. The monoisotopic (exact) mass is 394 g/mol. The number of carbonyl (C=O) groups is 2. The van der Waals surface area contributed by atoms with Crippen LogP contribution in [0.15, 0.2) is 66.7 Å². The molecule has 0 aromatic heterocycles. The number of benzene rings is 3. The second kappa shape index (κ2) is 8.96. The van der Waals surface area contributed by atoms with Crippen LogP contribution in [0.5, 0.6) is 5.75 Å². The standard InChI is InChI=1S/C21H18N2O4S/c1-26-20(25)15-9-11-16(12-10-15)27-13-19(24)23-21(28)22-18-8-4-6-14-5-2-3-7-17(14)18/h2-12H,13H2,1H3,(H2,22,23,24,28). The number of hydrogen-bond donors (Lipinski definition) is 2. The number of rotatable bonds is 5. The number of fused-ring (bicyclic) bond motifs is 1. The highest BCUT2D eigenvalue weighted by Crippen LogP contribution is 2.22. The average molecular weight is 394 g/mol. The van der Waals surface area contributed by atoms with Crippen LogP contribution in [0.1, 0.15) is 10.4 Å². The number of amides is 1. The maximum atomic E-state index is 12.1. The fraction of sp³-hybridized carbons (Fsp3) is 0.0952. The lowest BCUT2D eigenvalue weighted by molar-refractivity contribution is -0.121. The fourth-order valence-corrected chi connectivity index (χ4v) is 2.83. The Morgan fingerprint density at radius 2 is 1.68 bits per heavy atom. The Hall–Kier alpha value is -3.45. The quantitative estimate of drug-likeness (QED) is 0.509. The molecule has 1 amide bonds. The van der Waals surface area contributed by atoms with Crippen molar-refractivity contribution in [3.8, 4) is 5.75 Å². The van der Waals surface area contributed by atoms with Gasteiger partial charge in [0.05, 0.1) is 12.7 Å². The summed E-state index contributed by atoms with van der Waals surface area (Å²) in [7, 11) is 1.31. The Kier molecular flexibility index (Phi) is 6.18. The molecule has 6 nitrogen and oxygen atoms in total. The highest BCUT2D eigenvalue weighted by molar-refractivity contribution is 7.80. The molecule has 0 saturated heterocycles. The summed E-state index contributed by atoms with van der Waals surface area (Å²) >= 11 is 5.22. The Bertz CT molecular complexity index is 1010. The number of esters is 1. The van der Waals surface area contributed by atoms with E-state index in [2.05, 4.69) is 15.4 Å². The SMILES string of the molecule is COC(=O)c1ccc(OCC(=O)NC(=S)Nc2cccc3ccccc23)cc1. The number of ether oxygens (including phenoxy) is 2. The van der Waals surface area contributed by atoms with Crippen molar-refractivity contribution in [3.05, 3.63) is 72.3 Å². The molecule has 0 unspecified atom stereocenters. The first-order chi connectivity index (χ1) is 13.6. The minimum atomic E-state index is -0.436. The number of carbonyl (C=O) groups excluding carboxylic acids is 2. The van der Waals surface area contributed by atoms with E-state index >= 15 is 0 Å². The van der Waals surface area contributed by atoms with Crippen LogP contribution < -0.4 is 15.4 Å². The van der Waals surface area contributed by atoms with E-state index < -0.39 is 11.9 Å². The molecule has 3 rings (SSSR count). The number of hydrogen-bond acceptors (Lipinski definition) is 5. The zero-order valence-electron chi connectivity index (χ0n) is 15.1. The van der Waals surface area contributed by atoms with Crippen molar-refractivity contribution in [2.75, 3.05) is 19.0 Å². The highest BCUT2D eigenvalue weighted by atomic mass is 32.1. The molecule has 28 heavy (non-hydrogen) atoms. The van der Waals surface area contributed by atoms with Crippen LogP contribution in [-0.4, -0.2) is 30.7 Å². The molecule has 2 N–H and O–H groups in total. The largest absolute Gasteiger partial charge is 0.484 e. The third-order valence-electron chi connectivity index (χ3n) is 3.94. The normalized spacial score (nSPS) is 10.2. The zero-order valence-corrected chi connectivity index (χ0v) is 15.9. The summed E-state index contributed by atoms with van der Waals surface area (Å²) in [6, 6.07) is 20.0. The number of nitrogens with one attached hydrogen (secondary N) is 2. The Morgan fingerprint density at radius 3 is 2.43 bits per heavy atom. The van der Waals surface area contributed by atoms with Crippen molar-refractivity contribution in [3.63, 3.8) is 0 Å². The van der Waals surface area contributed by atoms with Crippen LogP contribution in [0.4, 0.5) is 5.69 Å². The second-order valence-electron chi connectivity index (χ2n) is 5.83. The third kappa shape index (κ3) is 4.83. The van der Waals surface area contributed by atoms with Crippen molar-refractivity contribution in [2.24, 2.45) is 0 Å². The summed E-state index contributed by atoms with van der Waals surface area (Å²) < 4.78 is 10.0. The van der Waals surface area contributed by atoms with E-state index in [4.69, 9.17) is 17.0 Å². The molecule has 142 valence electrons. The molecule has 0 atom stereocenters. The molecule has 0 radical (unpaired) electrons. The van der Waals surface area contributed by atoms with E-state index in [9.17, 15) is 9.59 Å². The molecule has 0 saturated carbocycles. The molecule has 0 bridgehead atoms. The predicted molar refractivity (Wildman–Crippen MR) is 112 cm³/mol. The van der Waals surface area contributed by atoms with Crippen molar-refractivity contribution in [2.45, 2.75) is 0 Å². The molecule has 0 aliphatic heterocycles. The minimum Gasteiger partial charge on any atom is -0.484 e. The molecule has 0 fully saturated rings. The third-order valence-corrected chi connectivity index (χ3v) is 4.14. The summed E-state index contributed by atoms with van der Waals surface area (Å²) in [5.74, 6) is -0.375. The average Bonchev–Trinajstić information content (AvgIpc) is 2.72. The van der Waals surface area contributed by atoms with Gasteiger partial charge >= 0.3 is 5.97 Å². The van der Waals surface area contributed by atoms with Crippen molar-refractivity contribution < 1.29 is 19.1 Å². The van der Waals surface area contributed by atoms with E-state index in [0.717, 1.165) is 16.5 Å². The predicted octanol–water partition coefficient (Wildman–Crippen LogP) is 3.52. The molecule has 3 aromatic rings. The molecule has 3 aromatic carbocycles. The van der Waals surface area contributed by atoms with Crippen molar-refractivity contribution in [1.82, 2.24) is 5.32 Å². The van der Waals surface area contributed by atoms with E-state index in [1.807, 2.05) is 42.5 Å². The Balaban J connectivity index is 1.53. The lowest BCUT2D eigenvalue weighted by Gasteiger charge is -2.12. The molecule has 0 aliphatic rings. The van der Waals surface area contributed by atoms with Gasteiger partial charge in [-0.15, -0.1) is 0 Å². The van der Waals surface area contributed by atoms with Gasteiger partial charge in [-0.2, -0.15) is 0 Å². The van der Waals surface area contributed by atoms with Crippen LogP contribution in [-0.2, 0) is 9.53 Å². The van der Waals surface area contributed by atoms with E-state index in [1.165, 1.54) is 7.11 Å². The molecular weight excluding hydrogens is 376 g/mol. The van der Waals surface area contributed by atoms with Gasteiger partial charge in [0.1, 0.15) is 5.75 Å². The zero-order chi connectivity index (χ0) is 19.9. The minimum absolute atomic E-state index is 0.186. The van der Waals surface area contributed by atoms with E-state index in [-0.39, 0.29) is 11.7 Å². The van der Waals surface area contributed by atoms with Gasteiger partial charge < -0.3 is 14.8 Å². The lowest BCUT2D eigenvalue weighted by Crippen LogP contribution is -2.37. The first kappa shape index (κ1) is 19.3. The van der Waals surface area contributed by atoms with Crippen LogP contribution in [0.25, 0.3) is 10.8 Å². The van der Waals surface area contributed by atoms with Gasteiger partial charge in [-0.3, -0.25) is 10.1 Å². The maximum Gasteiger partial charge on any atom is 0.337 e. The summed E-state index contributed by atoms with van der Waals surface area (Å²) in [6.45, 7) is -0.213. The Labute approximate surface area is 167 Å². The van der Waals surface area contributed by atoms with Gasteiger partial charge in [0, 0.05) is 11.1 Å². The molecule has 0 spiro atoms. The van der Waals surface area contributed by atoms with Crippen LogP contribution >= 0.6 is 12.2 Å². The van der Waals surface area contributed by atoms with Gasteiger partial charge in [0.25, 0.3) is 5.91 Å². The maximum absolute atomic E-state index is 12.1. The summed E-state index contributed by atoms with van der Waals surface area (Å²) in [4.78, 5) is 23.5. The second-order valence-corrected chi connectivity index (χ2v) is 6.24. The smallest absolute Gasteiger partial charge is 0.337 e. The summed E-state index contributed by atoms with van der Waals surface area (Å²) in [5.41, 5.74) is 1.21. The number of methoxy groups -OCH3 is 1. The number of anilines is 1. The van der Waals surface area contributed by atoms with E-state index in [0.29, 0.717) is 11.3 Å². The highest BCUT2D eigenvalue weighted by Gasteiger charge is 2.09. The first-order valence-corrected chi connectivity index (χ1v) is 8.87. The van der Waals surface area contributed by atoms with Gasteiger partial charge in [-0.05, 0) is 47.9 Å². The van der Waals surface area contributed by atoms with Gasteiger partial charge in [-0.25, -0.2) is 4.79 Å². The molecule has 0 aliphatic carbocycles. The first-order valence-electron chi connectivity index (χ1n) is 8.46. The summed E-state index contributed by atoms with van der Waals surface area (Å²) in [5, 5.41) is 7.88. The molecular formula is C21H18N2O4S. The van der Waals surface area contributed by atoms with E-state index in [1.54, 1.807) is 24.3 Å². The van der Waals surface area contributed by atoms with Crippen LogP contribution in [0.3, 0.4) is 0 Å². The topological polar surface area (TPSA) is 76.7 Å². The fourth-order valence-electron chi connectivity index (χ4n) is 2.60. The molecule has 0 heterocycles. The van der Waals surface area contributed by atoms with Gasteiger partial charge in [0.15, 0.2) is 11.7 Å². The lowest BCUT2D eigenvalue weighted by atomic mass is 10.1. The van der Waals surface area contributed by atoms with Crippen LogP contribution in [0, 0.1) is 0 Å². The Morgan fingerprint density at radius 1 is 0.964 bits per heavy atom. The van der Waals surface area contributed by atoms with Gasteiger partial charge in [0.2, 0.25) is 0 Å². The van der Waals surface area contributed by atoms with Crippen molar-refractivity contribution >= 4 is 45.7 Å².